The summed E-state index contributed by atoms with van der Waals surface area (Å²) in [4.78, 5) is 12.4. The molecule has 0 radical (unpaired) electrons. The summed E-state index contributed by atoms with van der Waals surface area (Å²) < 4.78 is 7.41. The zero-order chi connectivity index (χ0) is 14.3. The van der Waals surface area contributed by atoms with Gasteiger partial charge in [0.1, 0.15) is 5.75 Å². The largest absolute Gasteiger partial charge is 0.495 e. The maximum atomic E-state index is 12.4. The molecule has 2 aromatic rings. The lowest BCUT2D eigenvalue weighted by atomic mass is 10.1. The molecule has 1 aliphatic carbocycles. The van der Waals surface area contributed by atoms with E-state index >= 15 is 0 Å². The van der Waals surface area contributed by atoms with E-state index in [2.05, 4.69) is 11.4 Å². The van der Waals surface area contributed by atoms with Gasteiger partial charge in [0.25, 0.3) is 0 Å². The summed E-state index contributed by atoms with van der Waals surface area (Å²) in [6, 6.07) is 4.60. The number of hydrogen-bond donors (Lipinski definition) is 1. The molecule has 1 fully saturated rings. The average Bonchev–Trinajstić information content (AvgIpc) is 3.19. The van der Waals surface area contributed by atoms with Gasteiger partial charge in [0.15, 0.2) is 5.78 Å². The van der Waals surface area contributed by atoms with E-state index in [0.717, 1.165) is 27.8 Å². The van der Waals surface area contributed by atoms with E-state index in [1.165, 1.54) is 12.8 Å². The first kappa shape index (κ1) is 13.2. The van der Waals surface area contributed by atoms with E-state index in [0.29, 0.717) is 12.6 Å². The number of methoxy groups -OCH3 is 1. The Labute approximate surface area is 118 Å². The minimum absolute atomic E-state index is 0.148. The molecule has 1 N–H and O–H groups in total. The minimum atomic E-state index is 0.148. The molecular formula is C16H20N2O2. The van der Waals surface area contributed by atoms with E-state index < -0.39 is 0 Å². The standard InChI is InChI=1S/C16H20N2O2/c1-10-6-12-13(14(19)8-17-11-4-5-11)9-18(2)16(12)15(7-10)20-3/h6-7,9,11,17H,4-5,8H2,1-3H3. The number of nitrogens with one attached hydrogen (secondary N) is 1. The normalized spacial score (nSPS) is 14.8. The highest BCUT2D eigenvalue weighted by molar-refractivity contribution is 6.10. The van der Waals surface area contributed by atoms with Gasteiger partial charge in [0.05, 0.1) is 19.2 Å². The third-order valence-corrected chi connectivity index (χ3v) is 3.83. The number of benzene rings is 1. The summed E-state index contributed by atoms with van der Waals surface area (Å²) in [7, 11) is 3.61. The van der Waals surface area contributed by atoms with Gasteiger partial charge >= 0.3 is 0 Å². The fourth-order valence-electron chi connectivity index (χ4n) is 2.64. The van der Waals surface area contributed by atoms with Crippen LogP contribution in [0.1, 0.15) is 28.8 Å². The zero-order valence-electron chi connectivity index (χ0n) is 12.2. The highest BCUT2D eigenvalue weighted by atomic mass is 16.5. The van der Waals surface area contributed by atoms with Crippen LogP contribution in [0.2, 0.25) is 0 Å². The molecule has 0 saturated heterocycles. The van der Waals surface area contributed by atoms with Crippen molar-refractivity contribution < 1.29 is 9.53 Å². The lowest BCUT2D eigenvalue weighted by Gasteiger charge is -2.06. The lowest BCUT2D eigenvalue weighted by Crippen LogP contribution is -2.24. The number of fused-ring (bicyclic) bond motifs is 1. The van der Waals surface area contributed by atoms with Crippen molar-refractivity contribution in [2.75, 3.05) is 13.7 Å². The summed E-state index contributed by atoms with van der Waals surface area (Å²) in [5, 5.41) is 4.26. The van der Waals surface area contributed by atoms with Gasteiger partial charge in [-0.3, -0.25) is 4.79 Å². The van der Waals surface area contributed by atoms with E-state index in [1.54, 1.807) is 7.11 Å². The Morgan fingerprint density at radius 2 is 2.20 bits per heavy atom. The molecule has 1 heterocycles. The summed E-state index contributed by atoms with van der Waals surface area (Å²) >= 11 is 0. The van der Waals surface area contributed by atoms with Crippen LogP contribution < -0.4 is 10.1 Å². The second kappa shape index (κ2) is 4.94. The molecule has 4 nitrogen and oxygen atoms in total. The first-order chi connectivity index (χ1) is 9.60. The summed E-state index contributed by atoms with van der Waals surface area (Å²) in [6.07, 6.45) is 4.29. The molecule has 0 unspecified atom stereocenters. The highest BCUT2D eigenvalue weighted by Gasteiger charge is 2.23. The first-order valence-electron chi connectivity index (χ1n) is 7.00. The Balaban J connectivity index is 2.01. The van der Waals surface area contributed by atoms with Crippen LogP contribution in [-0.4, -0.2) is 30.0 Å². The number of ketones is 1. The van der Waals surface area contributed by atoms with Gasteiger partial charge in [-0.15, -0.1) is 0 Å². The van der Waals surface area contributed by atoms with Crippen LogP contribution in [-0.2, 0) is 7.05 Å². The van der Waals surface area contributed by atoms with Crippen molar-refractivity contribution in [1.29, 1.82) is 0 Å². The molecule has 0 bridgehead atoms. The van der Waals surface area contributed by atoms with E-state index in [9.17, 15) is 4.79 Å². The molecular weight excluding hydrogens is 252 g/mol. The maximum Gasteiger partial charge on any atom is 0.178 e. The van der Waals surface area contributed by atoms with Crippen LogP contribution in [0.25, 0.3) is 10.9 Å². The van der Waals surface area contributed by atoms with E-state index in [-0.39, 0.29) is 5.78 Å². The van der Waals surface area contributed by atoms with Gasteiger partial charge in [0.2, 0.25) is 0 Å². The lowest BCUT2D eigenvalue weighted by molar-refractivity contribution is 0.0992. The van der Waals surface area contributed by atoms with Crippen LogP contribution in [0.5, 0.6) is 5.75 Å². The number of carbonyl (C=O) groups is 1. The summed E-state index contributed by atoms with van der Waals surface area (Å²) in [6.45, 7) is 2.44. The van der Waals surface area contributed by atoms with Gasteiger partial charge in [-0.05, 0) is 37.5 Å². The molecule has 0 amide bonds. The molecule has 0 spiro atoms. The van der Waals surface area contributed by atoms with E-state index in [1.807, 2.05) is 30.8 Å². The average molecular weight is 272 g/mol. The molecule has 20 heavy (non-hydrogen) atoms. The summed E-state index contributed by atoms with van der Waals surface area (Å²) in [5.41, 5.74) is 2.86. The van der Waals surface area contributed by atoms with Crippen molar-refractivity contribution in [3.63, 3.8) is 0 Å². The smallest absolute Gasteiger partial charge is 0.178 e. The molecule has 1 aromatic carbocycles. The van der Waals surface area contributed by atoms with Crippen molar-refractivity contribution in [3.8, 4) is 5.75 Å². The van der Waals surface area contributed by atoms with Crippen LogP contribution in [0.3, 0.4) is 0 Å². The van der Waals surface area contributed by atoms with Crippen molar-refractivity contribution in [2.24, 2.45) is 7.05 Å². The third-order valence-electron chi connectivity index (χ3n) is 3.83. The van der Waals surface area contributed by atoms with Gasteiger partial charge < -0.3 is 14.6 Å². The molecule has 1 aromatic heterocycles. The van der Waals surface area contributed by atoms with Crippen LogP contribution >= 0.6 is 0 Å². The number of hydrogen-bond acceptors (Lipinski definition) is 3. The Morgan fingerprint density at radius 1 is 1.45 bits per heavy atom. The predicted molar refractivity (Wildman–Crippen MR) is 79.6 cm³/mol. The Kier molecular flexibility index (Phi) is 3.26. The van der Waals surface area contributed by atoms with Gasteiger partial charge in [-0.1, -0.05) is 0 Å². The third kappa shape index (κ3) is 2.31. The van der Waals surface area contributed by atoms with Crippen LogP contribution in [0, 0.1) is 6.92 Å². The Hall–Kier alpha value is -1.81. The molecule has 1 aliphatic rings. The monoisotopic (exact) mass is 272 g/mol. The fraction of sp³-hybridized carbons (Fsp3) is 0.438. The van der Waals surface area contributed by atoms with Crippen LogP contribution in [0.4, 0.5) is 0 Å². The Bertz CT molecular complexity index is 669. The second-order valence-electron chi connectivity index (χ2n) is 5.60. The van der Waals surface area contributed by atoms with E-state index in [4.69, 9.17) is 4.74 Å². The quantitative estimate of drug-likeness (QED) is 0.850. The number of ether oxygens (including phenoxy) is 1. The summed E-state index contributed by atoms with van der Waals surface area (Å²) in [5.74, 6) is 0.965. The van der Waals surface area contributed by atoms with Gasteiger partial charge in [0, 0.05) is 30.2 Å². The van der Waals surface area contributed by atoms with Gasteiger partial charge in [-0.2, -0.15) is 0 Å². The number of aryl methyl sites for hydroxylation is 2. The predicted octanol–water partition coefficient (Wildman–Crippen LogP) is 2.43. The Morgan fingerprint density at radius 3 is 2.85 bits per heavy atom. The van der Waals surface area contributed by atoms with Gasteiger partial charge in [-0.25, -0.2) is 0 Å². The van der Waals surface area contributed by atoms with Crippen molar-refractivity contribution >= 4 is 16.7 Å². The molecule has 106 valence electrons. The molecule has 0 aliphatic heterocycles. The minimum Gasteiger partial charge on any atom is -0.495 e. The number of Topliss-reactive ketones (excluding diaryl/α,β-unsaturated/α-hetero) is 1. The number of carbonyl (C=O) groups excluding carboxylic acids is 1. The SMILES string of the molecule is COc1cc(C)cc2c(C(=O)CNC3CC3)cn(C)c12. The zero-order valence-corrected chi connectivity index (χ0v) is 12.2. The van der Waals surface area contributed by atoms with Crippen molar-refractivity contribution in [2.45, 2.75) is 25.8 Å². The highest BCUT2D eigenvalue weighted by Crippen LogP contribution is 2.31. The maximum absolute atomic E-state index is 12.4. The van der Waals surface area contributed by atoms with Crippen molar-refractivity contribution in [3.05, 3.63) is 29.5 Å². The second-order valence-corrected chi connectivity index (χ2v) is 5.60. The molecule has 4 heteroatoms. The molecule has 3 rings (SSSR count). The van der Waals surface area contributed by atoms with Crippen LogP contribution in [0.15, 0.2) is 18.3 Å². The fourth-order valence-corrected chi connectivity index (χ4v) is 2.64. The molecule has 0 atom stereocenters. The number of aromatic nitrogens is 1. The first-order valence-corrected chi connectivity index (χ1v) is 7.00. The number of nitrogens with zero attached hydrogens (tertiary/aromatic N) is 1. The topological polar surface area (TPSA) is 43.3 Å². The number of rotatable bonds is 5. The van der Waals surface area contributed by atoms with Crippen molar-refractivity contribution in [1.82, 2.24) is 9.88 Å². The molecule has 1 saturated carbocycles.